The maximum atomic E-state index is 9.92. The van der Waals surface area contributed by atoms with Gasteiger partial charge in [0.25, 0.3) is 0 Å². The van der Waals surface area contributed by atoms with Gasteiger partial charge in [-0.2, -0.15) is 0 Å². The van der Waals surface area contributed by atoms with E-state index in [-0.39, 0.29) is 0 Å². The second-order valence-corrected chi connectivity index (χ2v) is 3.35. The molecule has 0 aliphatic heterocycles. The van der Waals surface area contributed by atoms with Crippen molar-refractivity contribution in [2.75, 3.05) is 6.54 Å². The Morgan fingerprint density at radius 1 is 1.42 bits per heavy atom. The first-order valence-corrected chi connectivity index (χ1v) is 4.78. The Hall–Kier alpha value is -0.305. The molecule has 0 saturated carbocycles. The molecule has 2 N–H and O–H groups in total. The molecule has 69 valence electrons. The summed E-state index contributed by atoms with van der Waals surface area (Å²) in [4.78, 5) is 9.92. The largest absolute Gasteiger partial charge is 0.330 e. The average molecular weight is 168 g/mol. The molecule has 0 aromatic rings. The molecule has 0 aliphatic carbocycles. The first-order valence-electron chi connectivity index (χ1n) is 4.78. The van der Waals surface area contributed by atoms with Crippen molar-refractivity contribution in [2.24, 2.45) is 11.7 Å². The van der Waals surface area contributed by atoms with Crippen LogP contribution in [0, 0.1) is 5.92 Å². The molecule has 0 amide bonds. The predicted octanol–water partition coefficient (Wildman–Crippen LogP) is 1.45. The molecule has 1 atom stereocenters. The van der Waals surface area contributed by atoms with Gasteiger partial charge in [-0.1, -0.05) is 32.5 Å². The van der Waals surface area contributed by atoms with Gasteiger partial charge in [-0.15, -0.1) is 0 Å². The van der Waals surface area contributed by atoms with Crippen LogP contribution in [0.4, 0.5) is 0 Å². The van der Waals surface area contributed by atoms with Gasteiger partial charge in [-0.25, -0.2) is 0 Å². The second-order valence-electron chi connectivity index (χ2n) is 3.35. The van der Waals surface area contributed by atoms with E-state index in [4.69, 9.17) is 5.73 Å². The highest BCUT2D eigenvalue weighted by Crippen LogP contribution is 2.08. The van der Waals surface area contributed by atoms with E-state index in [9.17, 15) is 4.79 Å². The molecular weight excluding hydrogens is 149 g/mol. The second kappa shape index (κ2) is 8.79. The molecule has 0 heterocycles. The lowest BCUT2D eigenvalue weighted by Gasteiger charge is -2.06. The number of rotatable bonds is 8. The molecule has 0 saturated heterocycles. The maximum Gasteiger partial charge on any atom is 0.197 e. The number of carbonyl (C=O) groups is 1. The van der Waals surface area contributed by atoms with Crippen molar-refractivity contribution < 1.29 is 4.79 Å². The van der Waals surface area contributed by atoms with Gasteiger partial charge in [0.05, 0.1) is 6.19 Å². The average Bonchev–Trinajstić information content (AvgIpc) is 2.10. The molecule has 1 radical (unpaired) electrons. The van der Waals surface area contributed by atoms with E-state index >= 15 is 0 Å². The van der Waals surface area contributed by atoms with Crippen molar-refractivity contribution in [1.29, 1.82) is 0 Å². The topological polar surface area (TPSA) is 43.1 Å². The summed E-state index contributed by atoms with van der Waals surface area (Å²) in [6.45, 7) is 2.97. The fraction of sp³-hybridized carbons (Fsp3) is 0.889. The zero-order valence-corrected chi connectivity index (χ0v) is 7.96. The van der Waals surface area contributed by atoms with Crippen molar-refractivity contribution in [3.8, 4) is 0 Å². The van der Waals surface area contributed by atoms with Crippen LogP contribution in [0.15, 0.2) is 0 Å². The summed E-state index contributed by atoms with van der Waals surface area (Å²) in [6, 6.07) is 0. The van der Waals surface area contributed by atoms with E-state index in [2.05, 4.69) is 6.92 Å². The minimum absolute atomic E-state index is 0.653. The van der Waals surface area contributed by atoms with Crippen LogP contribution in [0.25, 0.3) is 0 Å². The van der Waals surface area contributed by atoms with Crippen molar-refractivity contribution in [3.63, 3.8) is 0 Å². The van der Waals surface area contributed by atoms with Crippen LogP contribution >= 0.6 is 0 Å². The lowest BCUT2D eigenvalue weighted by molar-refractivity contribution is 0.504. The molecule has 0 fully saturated rings. The Kier molecular flexibility index (Phi) is 8.57. The van der Waals surface area contributed by atoms with Crippen LogP contribution in [0.3, 0.4) is 0 Å². The van der Waals surface area contributed by atoms with Crippen molar-refractivity contribution in [2.45, 2.75) is 38.9 Å². The number of hydrogen-bond acceptors (Lipinski definition) is 2. The van der Waals surface area contributed by atoms with Crippen LogP contribution in [-0.2, 0) is 4.79 Å². The third-order valence-corrected chi connectivity index (χ3v) is 2.07. The Bertz CT molecular complexity index is 109. The van der Waals surface area contributed by atoms with E-state index < -0.39 is 0 Å². The van der Waals surface area contributed by atoms with Gasteiger partial charge in [-0.05, 0) is 18.9 Å². The smallest absolute Gasteiger partial charge is 0.197 e. The lowest BCUT2D eigenvalue weighted by atomic mass is 9.75. The van der Waals surface area contributed by atoms with E-state index in [0.29, 0.717) is 5.92 Å². The summed E-state index contributed by atoms with van der Waals surface area (Å²) < 4.78 is 0. The summed E-state index contributed by atoms with van der Waals surface area (Å²) in [7, 11) is 1.69. The fourth-order valence-electron chi connectivity index (χ4n) is 1.12. The molecular formula is C9H19BNO. The minimum Gasteiger partial charge on any atom is -0.330 e. The standard InChI is InChI=1S/C9H19BNO/c1-9(7-11)5-3-2-4-6-10-8-12/h8-9H,2-7,11H2,1H3. The molecule has 0 spiro atoms. The van der Waals surface area contributed by atoms with E-state index in [1.807, 2.05) is 0 Å². The van der Waals surface area contributed by atoms with Crippen LogP contribution in [0.1, 0.15) is 32.6 Å². The summed E-state index contributed by atoms with van der Waals surface area (Å²) in [5.41, 5.74) is 5.48. The first-order chi connectivity index (χ1) is 5.81. The van der Waals surface area contributed by atoms with E-state index in [1.165, 1.54) is 19.3 Å². The SMILES string of the molecule is CC(CN)CCCCC[B]C=O. The molecule has 0 rings (SSSR count). The molecule has 0 aliphatic rings. The van der Waals surface area contributed by atoms with Crippen LogP contribution in [0.5, 0.6) is 0 Å². The number of unbranched alkanes of at least 4 members (excludes halogenated alkanes) is 2. The molecule has 0 aromatic heterocycles. The lowest BCUT2D eigenvalue weighted by Crippen LogP contribution is -2.10. The highest BCUT2D eigenvalue weighted by atomic mass is 16.1. The van der Waals surface area contributed by atoms with Gasteiger partial charge < -0.3 is 10.5 Å². The molecule has 1 unspecified atom stereocenters. The molecule has 2 nitrogen and oxygen atoms in total. The van der Waals surface area contributed by atoms with Gasteiger partial charge >= 0.3 is 0 Å². The monoisotopic (exact) mass is 168 g/mol. The first kappa shape index (κ1) is 11.7. The Morgan fingerprint density at radius 2 is 2.17 bits per heavy atom. The summed E-state index contributed by atoms with van der Waals surface area (Å²) in [5.74, 6) is 0.653. The summed E-state index contributed by atoms with van der Waals surface area (Å²) in [6.07, 6.45) is 6.62. The Labute approximate surface area is 76.1 Å². The third-order valence-electron chi connectivity index (χ3n) is 2.07. The van der Waals surface area contributed by atoms with Crippen molar-refractivity contribution in [1.82, 2.24) is 0 Å². The summed E-state index contributed by atoms with van der Waals surface area (Å²) in [5, 5.41) is 0. The summed E-state index contributed by atoms with van der Waals surface area (Å²) >= 11 is 0. The van der Waals surface area contributed by atoms with E-state index in [0.717, 1.165) is 25.5 Å². The normalized spacial score (nSPS) is 12.5. The molecule has 12 heavy (non-hydrogen) atoms. The number of hydrogen-bond donors (Lipinski definition) is 1. The zero-order valence-electron chi connectivity index (χ0n) is 7.96. The molecule has 3 heteroatoms. The third kappa shape index (κ3) is 7.80. The van der Waals surface area contributed by atoms with Crippen LogP contribution in [0.2, 0.25) is 6.32 Å². The predicted molar refractivity (Wildman–Crippen MR) is 54.0 cm³/mol. The fourth-order valence-corrected chi connectivity index (χ4v) is 1.12. The quantitative estimate of drug-likeness (QED) is 0.338. The van der Waals surface area contributed by atoms with Gasteiger partial charge in [0, 0.05) is 0 Å². The number of nitrogens with two attached hydrogens (primary N) is 1. The van der Waals surface area contributed by atoms with Crippen molar-refractivity contribution in [3.05, 3.63) is 0 Å². The molecule has 0 bridgehead atoms. The van der Waals surface area contributed by atoms with E-state index in [1.54, 1.807) is 7.28 Å². The number of carbonyl (C=O) groups excluding carboxylic acids is 1. The van der Waals surface area contributed by atoms with Gasteiger partial charge in [0.1, 0.15) is 0 Å². The highest BCUT2D eigenvalue weighted by molar-refractivity contribution is 6.66. The highest BCUT2D eigenvalue weighted by Gasteiger charge is 1.98. The van der Waals surface area contributed by atoms with Crippen LogP contribution < -0.4 is 5.73 Å². The maximum absolute atomic E-state index is 9.92. The van der Waals surface area contributed by atoms with Gasteiger partial charge in [0.2, 0.25) is 0 Å². The minimum atomic E-state index is 0.653. The van der Waals surface area contributed by atoms with Crippen molar-refractivity contribution >= 4 is 13.5 Å². The van der Waals surface area contributed by atoms with Crippen LogP contribution in [-0.4, -0.2) is 20.0 Å². The Morgan fingerprint density at radius 3 is 2.75 bits per heavy atom. The van der Waals surface area contributed by atoms with Gasteiger partial charge in [0.15, 0.2) is 7.28 Å². The Balaban J connectivity index is 2.95. The molecule has 0 aromatic carbocycles. The van der Waals surface area contributed by atoms with Gasteiger partial charge in [-0.3, -0.25) is 0 Å². The zero-order chi connectivity index (χ0) is 9.23.